The summed E-state index contributed by atoms with van der Waals surface area (Å²) in [5.41, 5.74) is 1.52. The third kappa shape index (κ3) is 2.67. The molecule has 2 N–H and O–H groups in total. The molecule has 3 rings (SSSR count). The van der Waals surface area contributed by atoms with Gasteiger partial charge in [-0.15, -0.1) is 0 Å². The molecule has 0 radical (unpaired) electrons. The van der Waals surface area contributed by atoms with Gasteiger partial charge < -0.3 is 5.11 Å². The lowest BCUT2D eigenvalue weighted by Crippen LogP contribution is -2.51. The molecule has 2 aromatic carbocycles. The highest BCUT2D eigenvalue weighted by atomic mass is 35.5. The zero-order valence-corrected chi connectivity index (χ0v) is 13.6. The number of aliphatic imine (C=N–C) groups is 1. The molecule has 5 nitrogen and oxygen atoms in total. The number of halogens is 2. The van der Waals surface area contributed by atoms with Gasteiger partial charge in [-0.3, -0.25) is 0 Å². The highest BCUT2D eigenvalue weighted by Crippen LogP contribution is 2.34. The van der Waals surface area contributed by atoms with Crippen LogP contribution in [0.2, 0.25) is 10.0 Å². The highest BCUT2D eigenvalue weighted by molar-refractivity contribution is 6.36. The van der Waals surface area contributed by atoms with Crippen molar-refractivity contribution >= 4 is 40.5 Å². The summed E-state index contributed by atoms with van der Waals surface area (Å²) < 4.78 is -1.13. The van der Waals surface area contributed by atoms with Crippen LogP contribution in [0.4, 0.5) is 5.69 Å². The van der Waals surface area contributed by atoms with Crippen LogP contribution in [0.5, 0.6) is 0 Å². The fraction of sp³-hybridized carbons (Fsp3) is 0.125. The van der Waals surface area contributed by atoms with Crippen molar-refractivity contribution in [2.24, 2.45) is 4.99 Å². The van der Waals surface area contributed by atoms with Crippen molar-refractivity contribution in [1.82, 2.24) is 4.65 Å². The Hall–Kier alpha value is -1.76. The van der Waals surface area contributed by atoms with Crippen LogP contribution in [0.3, 0.4) is 0 Å². The SMILES string of the molecule is C[N+]1(O)C(=O)C(O)N=C(c2ccccc2Cl)c2cc(Cl)ccc21. The Morgan fingerprint density at radius 1 is 1.13 bits per heavy atom. The molecule has 0 fully saturated rings. The van der Waals surface area contributed by atoms with Gasteiger partial charge in [-0.25, -0.2) is 15.0 Å². The zero-order chi connectivity index (χ0) is 16.8. The lowest BCUT2D eigenvalue weighted by atomic mass is 10.00. The van der Waals surface area contributed by atoms with Crippen molar-refractivity contribution in [3.05, 3.63) is 63.6 Å². The van der Waals surface area contributed by atoms with Crippen LogP contribution >= 0.6 is 23.2 Å². The van der Waals surface area contributed by atoms with Crippen LogP contribution in [0.1, 0.15) is 11.1 Å². The number of nitrogens with zero attached hydrogens (tertiary/aromatic N) is 2. The second-order valence-corrected chi connectivity index (χ2v) is 6.13. The van der Waals surface area contributed by atoms with E-state index >= 15 is 0 Å². The normalized spacial score (nSPS) is 24.0. The third-order valence-electron chi connectivity index (χ3n) is 3.71. The lowest BCUT2D eigenvalue weighted by molar-refractivity contribution is -0.164. The molecule has 2 atom stereocenters. The van der Waals surface area contributed by atoms with Crippen molar-refractivity contribution in [1.29, 1.82) is 0 Å². The summed E-state index contributed by atoms with van der Waals surface area (Å²) in [6.45, 7) is 0. The zero-order valence-electron chi connectivity index (χ0n) is 12.1. The first-order valence-electron chi connectivity index (χ1n) is 6.77. The van der Waals surface area contributed by atoms with E-state index < -0.39 is 16.8 Å². The number of aliphatic hydroxyl groups excluding tert-OH is 1. The number of fused-ring (bicyclic) bond motifs is 1. The second kappa shape index (κ2) is 5.70. The number of carbonyl (C=O) groups excluding carboxylic acids is 1. The number of likely N-dealkylation sites (N-methyl/N-ethyl adjacent to an activating group) is 1. The van der Waals surface area contributed by atoms with E-state index in [1.54, 1.807) is 36.4 Å². The maximum absolute atomic E-state index is 12.3. The van der Waals surface area contributed by atoms with Crippen LogP contribution in [-0.4, -0.2) is 35.2 Å². The fourth-order valence-electron chi connectivity index (χ4n) is 2.54. The first-order chi connectivity index (χ1) is 10.8. The number of amides is 1. The molecule has 7 heteroatoms. The predicted molar refractivity (Wildman–Crippen MR) is 89.1 cm³/mol. The van der Waals surface area contributed by atoms with E-state index in [4.69, 9.17) is 23.2 Å². The Kier molecular flexibility index (Phi) is 4.00. The predicted octanol–water partition coefficient (Wildman–Crippen LogP) is 3.02. The summed E-state index contributed by atoms with van der Waals surface area (Å²) in [6, 6.07) is 11.6. The van der Waals surface area contributed by atoms with Crippen LogP contribution < -0.4 is 4.65 Å². The van der Waals surface area contributed by atoms with Gasteiger partial charge in [0.1, 0.15) is 7.05 Å². The molecule has 0 aromatic heterocycles. The molecular formula is C16H13Cl2N2O3+. The van der Waals surface area contributed by atoms with E-state index in [0.29, 0.717) is 26.9 Å². The van der Waals surface area contributed by atoms with Gasteiger partial charge in [-0.1, -0.05) is 46.0 Å². The molecular weight excluding hydrogens is 339 g/mol. The van der Waals surface area contributed by atoms with Gasteiger partial charge in [0.15, 0.2) is 5.69 Å². The number of benzodiazepines with no additional fused rings is 1. The van der Waals surface area contributed by atoms with Crippen molar-refractivity contribution in [3.63, 3.8) is 0 Å². The average molecular weight is 352 g/mol. The molecule has 1 aliphatic rings. The minimum Gasteiger partial charge on any atom is -0.361 e. The second-order valence-electron chi connectivity index (χ2n) is 5.29. The van der Waals surface area contributed by atoms with Gasteiger partial charge in [0.05, 0.1) is 11.3 Å². The fourth-order valence-corrected chi connectivity index (χ4v) is 2.93. The van der Waals surface area contributed by atoms with E-state index in [2.05, 4.69) is 4.99 Å². The molecule has 2 unspecified atom stereocenters. The van der Waals surface area contributed by atoms with E-state index in [1.165, 1.54) is 13.1 Å². The molecule has 0 bridgehead atoms. The number of benzene rings is 2. The Labute approximate surface area is 142 Å². The molecule has 1 amide bonds. The number of hydrogen-bond acceptors (Lipinski definition) is 4. The number of carbonyl (C=O) groups is 1. The van der Waals surface area contributed by atoms with Gasteiger partial charge in [-0.2, -0.15) is 0 Å². The maximum atomic E-state index is 12.3. The Morgan fingerprint density at radius 3 is 2.52 bits per heavy atom. The van der Waals surface area contributed by atoms with E-state index in [-0.39, 0.29) is 5.69 Å². The molecule has 23 heavy (non-hydrogen) atoms. The van der Waals surface area contributed by atoms with E-state index in [0.717, 1.165) is 0 Å². The van der Waals surface area contributed by atoms with Crippen molar-refractivity contribution < 1.29 is 15.1 Å². The quantitative estimate of drug-likeness (QED) is 0.612. The smallest absolute Gasteiger partial charge is 0.361 e. The van der Waals surface area contributed by atoms with Gasteiger partial charge in [0.2, 0.25) is 0 Å². The molecule has 118 valence electrons. The Balaban J connectivity index is 2.35. The number of rotatable bonds is 1. The van der Waals surface area contributed by atoms with Crippen LogP contribution in [0.25, 0.3) is 0 Å². The molecule has 1 aliphatic heterocycles. The summed E-state index contributed by atoms with van der Waals surface area (Å²) >= 11 is 12.3. The first-order valence-corrected chi connectivity index (χ1v) is 7.53. The van der Waals surface area contributed by atoms with Crippen molar-refractivity contribution in [3.8, 4) is 0 Å². The maximum Gasteiger partial charge on any atom is 0.402 e. The number of hydrogen-bond donors (Lipinski definition) is 2. The molecule has 1 heterocycles. The molecule has 0 saturated carbocycles. The summed E-state index contributed by atoms with van der Waals surface area (Å²) in [6.07, 6.45) is -1.72. The monoisotopic (exact) mass is 351 g/mol. The van der Waals surface area contributed by atoms with Crippen LogP contribution in [0.15, 0.2) is 47.5 Å². The van der Waals surface area contributed by atoms with Gasteiger partial charge in [0, 0.05) is 21.7 Å². The third-order valence-corrected chi connectivity index (χ3v) is 4.28. The standard InChI is InChI=1S/C16H13Cl2N2O3/c1-20(23)13-7-6-9(17)8-11(13)14(19-15(21)16(20)22)10-4-2-3-5-12(10)18/h2-8,15,21,23H,1H3/q+1. The lowest BCUT2D eigenvalue weighted by Gasteiger charge is -2.22. The minimum atomic E-state index is -1.72. The molecule has 2 aromatic rings. The Morgan fingerprint density at radius 2 is 1.83 bits per heavy atom. The van der Waals surface area contributed by atoms with Gasteiger partial charge in [0.25, 0.3) is 6.23 Å². The summed E-state index contributed by atoms with van der Waals surface area (Å²) in [5, 5.41) is 21.4. The summed E-state index contributed by atoms with van der Waals surface area (Å²) in [7, 11) is 1.27. The largest absolute Gasteiger partial charge is 0.402 e. The van der Waals surface area contributed by atoms with Crippen LogP contribution in [0, 0.1) is 0 Å². The van der Waals surface area contributed by atoms with Crippen molar-refractivity contribution in [2.45, 2.75) is 6.23 Å². The molecule has 0 saturated heterocycles. The summed E-state index contributed by atoms with van der Waals surface area (Å²) in [5.74, 6) is -0.865. The summed E-state index contributed by atoms with van der Waals surface area (Å²) in [4.78, 5) is 16.3. The first kappa shape index (κ1) is 16.1. The highest BCUT2D eigenvalue weighted by Gasteiger charge is 2.44. The Bertz CT molecular complexity index is 834. The number of quaternary nitrogens is 1. The van der Waals surface area contributed by atoms with Crippen molar-refractivity contribution in [2.75, 3.05) is 7.05 Å². The van der Waals surface area contributed by atoms with E-state index in [9.17, 15) is 15.1 Å². The van der Waals surface area contributed by atoms with Gasteiger partial charge in [-0.05, 0) is 18.2 Å². The van der Waals surface area contributed by atoms with Crippen LogP contribution in [-0.2, 0) is 4.79 Å². The number of hydroxylamine groups is 2. The van der Waals surface area contributed by atoms with Gasteiger partial charge >= 0.3 is 5.91 Å². The number of aliphatic hydroxyl groups is 1. The minimum absolute atomic E-state index is 0.259. The average Bonchev–Trinajstić information content (AvgIpc) is 2.57. The topological polar surface area (TPSA) is 69.9 Å². The molecule has 0 spiro atoms. The van der Waals surface area contributed by atoms with E-state index in [1.807, 2.05) is 0 Å². The molecule has 0 aliphatic carbocycles.